The highest BCUT2D eigenvalue weighted by Crippen LogP contribution is 2.11. The molecule has 0 radical (unpaired) electrons. The quantitative estimate of drug-likeness (QED) is 0.415. The molecule has 3 N–H and O–H groups in total. The third-order valence-corrected chi connectivity index (χ3v) is 4.42. The second-order valence-electron chi connectivity index (χ2n) is 6.96. The van der Waals surface area contributed by atoms with Gasteiger partial charge >= 0.3 is 17.9 Å². The van der Waals surface area contributed by atoms with Crippen molar-refractivity contribution in [3.63, 3.8) is 0 Å². The number of carbonyl (C=O) groups is 3. The summed E-state index contributed by atoms with van der Waals surface area (Å²) in [6, 6.07) is 20.4. The molecule has 0 amide bonds. The van der Waals surface area contributed by atoms with Crippen LogP contribution in [0, 0.1) is 12.7 Å². The summed E-state index contributed by atoms with van der Waals surface area (Å²) in [5, 5.41) is 25.2. The number of hydrogen-bond donors (Lipinski definition) is 3. The molecular formula is C25H24BrFO6. The van der Waals surface area contributed by atoms with Gasteiger partial charge in [0.15, 0.2) is 0 Å². The minimum atomic E-state index is -0.949. The summed E-state index contributed by atoms with van der Waals surface area (Å²) in [6.45, 7) is 1.95. The predicted octanol–water partition coefficient (Wildman–Crippen LogP) is 5.15. The van der Waals surface area contributed by atoms with Crippen molar-refractivity contribution in [3.05, 3.63) is 105 Å². The van der Waals surface area contributed by atoms with Gasteiger partial charge in [-0.25, -0.2) is 4.39 Å². The zero-order valence-corrected chi connectivity index (χ0v) is 19.5. The molecule has 0 spiro atoms. The van der Waals surface area contributed by atoms with Crippen molar-refractivity contribution in [3.8, 4) is 0 Å². The summed E-state index contributed by atoms with van der Waals surface area (Å²) in [5.41, 5.74) is 3.26. The van der Waals surface area contributed by atoms with Gasteiger partial charge in [0.25, 0.3) is 0 Å². The number of aryl methyl sites for hydroxylation is 1. The minimum Gasteiger partial charge on any atom is -0.481 e. The highest BCUT2D eigenvalue weighted by atomic mass is 79.9. The number of hydrogen-bond acceptors (Lipinski definition) is 3. The maximum Gasteiger partial charge on any atom is 0.307 e. The lowest BCUT2D eigenvalue weighted by Gasteiger charge is -1.96. The first-order valence-corrected chi connectivity index (χ1v) is 10.5. The summed E-state index contributed by atoms with van der Waals surface area (Å²) < 4.78 is 13.3. The van der Waals surface area contributed by atoms with Gasteiger partial charge in [0.1, 0.15) is 5.82 Å². The molecule has 3 rings (SSSR count). The Kier molecular flexibility index (Phi) is 12.1. The number of aliphatic carboxylic acids is 3. The number of halogens is 2. The van der Waals surface area contributed by atoms with E-state index in [1.54, 1.807) is 18.2 Å². The Morgan fingerprint density at radius 2 is 1.12 bits per heavy atom. The van der Waals surface area contributed by atoms with Gasteiger partial charge in [0.2, 0.25) is 0 Å². The molecule has 0 bridgehead atoms. The van der Waals surface area contributed by atoms with Gasteiger partial charge in [-0.15, -0.1) is 0 Å². The molecule has 0 atom stereocenters. The molecule has 0 heterocycles. The SMILES string of the molecule is Cc1cccc(CC(=O)O)c1.O=C(O)Cc1cccc(Br)c1.O=C(O)Cc1cccc(F)c1. The zero-order valence-electron chi connectivity index (χ0n) is 17.9. The van der Waals surface area contributed by atoms with E-state index in [-0.39, 0.29) is 19.3 Å². The largest absolute Gasteiger partial charge is 0.481 e. The van der Waals surface area contributed by atoms with Gasteiger partial charge < -0.3 is 15.3 Å². The Balaban J connectivity index is 0.000000247. The van der Waals surface area contributed by atoms with Crippen LogP contribution in [0.4, 0.5) is 4.39 Å². The van der Waals surface area contributed by atoms with Crippen molar-refractivity contribution in [2.75, 3.05) is 0 Å². The van der Waals surface area contributed by atoms with E-state index in [9.17, 15) is 18.8 Å². The molecule has 3 aromatic rings. The maximum absolute atomic E-state index is 12.4. The van der Waals surface area contributed by atoms with E-state index in [1.165, 1.54) is 18.2 Å². The Labute approximate surface area is 199 Å². The first kappa shape index (κ1) is 27.5. The minimum absolute atomic E-state index is 0.0828. The molecule has 0 aliphatic carbocycles. The van der Waals surface area contributed by atoms with E-state index in [0.717, 1.165) is 21.2 Å². The van der Waals surface area contributed by atoms with Gasteiger partial charge in [-0.3, -0.25) is 14.4 Å². The van der Waals surface area contributed by atoms with Crippen molar-refractivity contribution in [2.45, 2.75) is 26.2 Å². The van der Waals surface area contributed by atoms with Crippen molar-refractivity contribution in [1.29, 1.82) is 0 Å². The van der Waals surface area contributed by atoms with Crippen LogP contribution in [0.15, 0.2) is 77.3 Å². The number of carboxylic acids is 3. The van der Waals surface area contributed by atoms with Gasteiger partial charge in [0, 0.05) is 4.47 Å². The molecule has 3 aromatic carbocycles. The van der Waals surface area contributed by atoms with Crippen LogP contribution in [0.3, 0.4) is 0 Å². The maximum atomic E-state index is 12.4. The van der Waals surface area contributed by atoms with Crippen LogP contribution < -0.4 is 0 Å². The predicted molar refractivity (Wildman–Crippen MR) is 126 cm³/mol. The second kappa shape index (κ2) is 14.5. The van der Waals surface area contributed by atoms with E-state index < -0.39 is 23.7 Å². The summed E-state index contributed by atoms with van der Waals surface area (Å²) in [7, 11) is 0. The van der Waals surface area contributed by atoms with Crippen LogP contribution in [0.25, 0.3) is 0 Å². The molecule has 0 saturated carbocycles. The van der Waals surface area contributed by atoms with Crippen LogP contribution in [0.1, 0.15) is 22.3 Å². The molecule has 0 aliphatic heterocycles. The molecule has 0 aromatic heterocycles. The van der Waals surface area contributed by atoms with Crippen LogP contribution in [0.2, 0.25) is 0 Å². The van der Waals surface area contributed by atoms with Gasteiger partial charge in [-0.05, 0) is 47.9 Å². The number of carboxylic acid groups (broad SMARTS) is 3. The molecular weight excluding hydrogens is 495 g/mol. The third kappa shape index (κ3) is 13.5. The fourth-order valence-electron chi connectivity index (χ4n) is 2.64. The average molecular weight is 519 g/mol. The van der Waals surface area contributed by atoms with Crippen LogP contribution in [-0.2, 0) is 33.6 Å². The molecule has 8 heteroatoms. The molecule has 0 aliphatic rings. The lowest BCUT2D eigenvalue weighted by molar-refractivity contribution is -0.137. The van der Waals surface area contributed by atoms with E-state index in [0.29, 0.717) is 5.56 Å². The molecule has 0 unspecified atom stereocenters. The summed E-state index contributed by atoms with van der Waals surface area (Å²) in [5.74, 6) is -2.93. The smallest absolute Gasteiger partial charge is 0.307 e. The fraction of sp³-hybridized carbons (Fsp3) is 0.160. The molecule has 6 nitrogen and oxygen atoms in total. The Morgan fingerprint density at radius 3 is 1.55 bits per heavy atom. The first-order valence-electron chi connectivity index (χ1n) is 9.75. The van der Waals surface area contributed by atoms with E-state index in [2.05, 4.69) is 15.9 Å². The van der Waals surface area contributed by atoms with Gasteiger partial charge in [0.05, 0.1) is 19.3 Å². The Morgan fingerprint density at radius 1 is 0.697 bits per heavy atom. The molecule has 174 valence electrons. The van der Waals surface area contributed by atoms with E-state index in [1.807, 2.05) is 43.3 Å². The second-order valence-corrected chi connectivity index (χ2v) is 7.88. The molecule has 0 fully saturated rings. The summed E-state index contributed by atoms with van der Waals surface area (Å²) in [6.07, 6.45) is 0.0683. The van der Waals surface area contributed by atoms with Crippen LogP contribution in [0.5, 0.6) is 0 Å². The number of rotatable bonds is 6. The van der Waals surface area contributed by atoms with Gasteiger partial charge in [-0.2, -0.15) is 0 Å². The molecule has 33 heavy (non-hydrogen) atoms. The zero-order chi connectivity index (χ0) is 24.8. The Hall–Kier alpha value is -3.52. The van der Waals surface area contributed by atoms with Crippen molar-refractivity contribution in [2.24, 2.45) is 0 Å². The monoisotopic (exact) mass is 518 g/mol. The summed E-state index contributed by atoms with van der Waals surface area (Å²) in [4.78, 5) is 30.7. The normalized spacial score (nSPS) is 9.55. The lowest BCUT2D eigenvalue weighted by atomic mass is 10.1. The number of benzene rings is 3. The van der Waals surface area contributed by atoms with Crippen LogP contribution >= 0.6 is 15.9 Å². The third-order valence-electron chi connectivity index (χ3n) is 3.93. The first-order chi connectivity index (χ1) is 15.5. The van der Waals surface area contributed by atoms with E-state index in [4.69, 9.17) is 15.3 Å². The summed E-state index contributed by atoms with van der Waals surface area (Å²) >= 11 is 3.26. The highest BCUT2D eigenvalue weighted by Gasteiger charge is 2.01. The average Bonchev–Trinajstić information content (AvgIpc) is 2.67. The van der Waals surface area contributed by atoms with Crippen molar-refractivity contribution < 1.29 is 34.1 Å². The fourth-order valence-corrected chi connectivity index (χ4v) is 3.09. The topological polar surface area (TPSA) is 112 Å². The van der Waals surface area contributed by atoms with E-state index >= 15 is 0 Å². The van der Waals surface area contributed by atoms with Crippen molar-refractivity contribution in [1.82, 2.24) is 0 Å². The molecule has 0 saturated heterocycles. The van der Waals surface area contributed by atoms with Gasteiger partial charge in [-0.1, -0.05) is 70.0 Å². The Bertz CT molecular complexity index is 947. The standard InChI is InChI=1S/C9H10O2.C8H7BrO2.C8H7FO2/c1-7-3-2-4-8(5-7)6-9(10)11;2*9-7-3-1-2-6(4-7)5-8(10)11/h2-5H,6H2,1H3,(H,10,11);2*1-4H,5H2,(H,10,11). The lowest BCUT2D eigenvalue weighted by Crippen LogP contribution is -1.99. The van der Waals surface area contributed by atoms with Crippen LogP contribution in [-0.4, -0.2) is 33.2 Å². The highest BCUT2D eigenvalue weighted by molar-refractivity contribution is 9.10. The van der Waals surface area contributed by atoms with Crippen molar-refractivity contribution >= 4 is 33.8 Å².